The molecule has 21 heavy (non-hydrogen) atoms. The molecule has 1 aromatic carbocycles. The average molecular weight is 286 g/mol. The number of allylic oxidation sites excluding steroid dienone is 1. The van der Waals surface area contributed by atoms with E-state index in [4.69, 9.17) is 14.5 Å². The van der Waals surface area contributed by atoms with E-state index >= 15 is 0 Å². The molecule has 0 radical (unpaired) electrons. The van der Waals surface area contributed by atoms with Crippen molar-refractivity contribution in [1.29, 1.82) is 0 Å². The van der Waals surface area contributed by atoms with Crippen LogP contribution in [0.1, 0.15) is 50.5 Å². The van der Waals surface area contributed by atoms with Gasteiger partial charge in [0, 0.05) is 12.8 Å². The van der Waals surface area contributed by atoms with Gasteiger partial charge < -0.3 is 4.74 Å². The van der Waals surface area contributed by atoms with E-state index in [0.717, 1.165) is 25.7 Å². The van der Waals surface area contributed by atoms with Gasteiger partial charge in [-0.2, -0.15) is 0 Å². The Labute approximate surface area is 125 Å². The Kier molecular flexibility index (Phi) is 3.57. The van der Waals surface area contributed by atoms with Crippen molar-refractivity contribution in [3.8, 4) is 0 Å². The number of ether oxygens (including phenoxy) is 1. The molecule has 4 rings (SSSR count). The largest absolute Gasteiger partial charge is 0.341 e. The molecule has 3 nitrogen and oxygen atoms in total. The van der Waals surface area contributed by atoms with Crippen molar-refractivity contribution < 1.29 is 14.5 Å². The minimum absolute atomic E-state index is 0.0892. The molecule has 1 heterocycles. The molecule has 1 saturated carbocycles. The first-order chi connectivity index (χ1) is 10.4. The van der Waals surface area contributed by atoms with Crippen LogP contribution in [0.4, 0.5) is 0 Å². The highest BCUT2D eigenvalue weighted by molar-refractivity contribution is 5.70. The van der Waals surface area contributed by atoms with Crippen molar-refractivity contribution in [1.82, 2.24) is 0 Å². The average Bonchev–Trinajstić information content (AvgIpc) is 2.55. The van der Waals surface area contributed by atoms with Crippen LogP contribution in [0.3, 0.4) is 0 Å². The summed E-state index contributed by atoms with van der Waals surface area (Å²) in [5.41, 5.74) is 2.41. The van der Waals surface area contributed by atoms with E-state index in [0.29, 0.717) is 0 Å². The van der Waals surface area contributed by atoms with E-state index in [9.17, 15) is 0 Å². The predicted molar refractivity (Wildman–Crippen MR) is 80.3 cm³/mol. The third kappa shape index (κ3) is 2.54. The third-order valence-corrected chi connectivity index (χ3v) is 4.85. The van der Waals surface area contributed by atoms with E-state index < -0.39 is 5.79 Å². The summed E-state index contributed by atoms with van der Waals surface area (Å²) in [4.78, 5) is 11.6. The summed E-state index contributed by atoms with van der Waals surface area (Å²) in [5.74, 6) is -0.474. The van der Waals surface area contributed by atoms with Crippen LogP contribution in [0, 0.1) is 0 Å². The maximum atomic E-state index is 6.38. The van der Waals surface area contributed by atoms with Gasteiger partial charge in [-0.1, -0.05) is 42.8 Å². The molecule has 3 heteroatoms. The minimum atomic E-state index is -0.474. The highest BCUT2D eigenvalue weighted by atomic mass is 17.2. The predicted octanol–water partition coefficient (Wildman–Crippen LogP) is 4.24. The van der Waals surface area contributed by atoms with Crippen LogP contribution in [0.25, 0.3) is 5.57 Å². The van der Waals surface area contributed by atoms with Gasteiger partial charge in [0.05, 0.1) is 6.10 Å². The SMILES string of the molecule is C1=C(c2ccccc2)[C@@H]2OOC3(CCCCC3)O[C@H]2CC1. The van der Waals surface area contributed by atoms with Crippen molar-refractivity contribution in [3.63, 3.8) is 0 Å². The van der Waals surface area contributed by atoms with Gasteiger partial charge in [0.15, 0.2) is 0 Å². The topological polar surface area (TPSA) is 27.7 Å². The Bertz CT molecular complexity index is 517. The molecule has 1 aliphatic heterocycles. The quantitative estimate of drug-likeness (QED) is 0.723. The van der Waals surface area contributed by atoms with Gasteiger partial charge in [0.25, 0.3) is 0 Å². The van der Waals surface area contributed by atoms with E-state index in [2.05, 4.69) is 30.3 Å². The summed E-state index contributed by atoms with van der Waals surface area (Å²) in [6, 6.07) is 10.4. The van der Waals surface area contributed by atoms with Crippen LogP contribution in [0.5, 0.6) is 0 Å². The zero-order valence-corrected chi connectivity index (χ0v) is 12.3. The summed E-state index contributed by atoms with van der Waals surface area (Å²) in [6.45, 7) is 0. The number of fused-ring (bicyclic) bond motifs is 1. The molecule has 0 N–H and O–H groups in total. The van der Waals surface area contributed by atoms with Gasteiger partial charge in [-0.25, -0.2) is 9.78 Å². The maximum Gasteiger partial charge on any atom is 0.201 e. The van der Waals surface area contributed by atoms with Crippen LogP contribution in [-0.2, 0) is 14.5 Å². The fourth-order valence-corrected chi connectivity index (χ4v) is 3.74. The molecule has 0 unspecified atom stereocenters. The standard InChI is InChI=1S/C18H22O3/c1-3-8-14(9-4-1)15-10-7-11-16-17(15)20-21-18(19-16)12-5-2-6-13-18/h1,3-4,8-10,16-17H,2,5-7,11-13H2/t16-,17-/m0/s1. The minimum Gasteiger partial charge on any atom is -0.341 e. The normalized spacial score (nSPS) is 31.5. The first-order valence-electron chi connectivity index (χ1n) is 8.14. The van der Waals surface area contributed by atoms with Gasteiger partial charge in [-0.15, -0.1) is 0 Å². The van der Waals surface area contributed by atoms with Gasteiger partial charge in [-0.3, -0.25) is 0 Å². The van der Waals surface area contributed by atoms with Crippen molar-refractivity contribution in [3.05, 3.63) is 42.0 Å². The van der Waals surface area contributed by atoms with Crippen molar-refractivity contribution in [2.75, 3.05) is 0 Å². The fraction of sp³-hybridized carbons (Fsp3) is 0.556. The van der Waals surface area contributed by atoms with E-state index in [1.165, 1.54) is 30.4 Å². The van der Waals surface area contributed by atoms with Crippen LogP contribution in [0.15, 0.2) is 36.4 Å². The first kappa shape index (κ1) is 13.5. The molecular weight excluding hydrogens is 264 g/mol. The third-order valence-electron chi connectivity index (χ3n) is 4.85. The number of hydrogen-bond acceptors (Lipinski definition) is 3. The molecule has 1 aromatic rings. The fourth-order valence-electron chi connectivity index (χ4n) is 3.74. The number of hydrogen-bond donors (Lipinski definition) is 0. The van der Waals surface area contributed by atoms with Gasteiger partial charge in [0.2, 0.25) is 5.79 Å². The summed E-state index contributed by atoms with van der Waals surface area (Å²) < 4.78 is 6.38. The van der Waals surface area contributed by atoms with Gasteiger partial charge in [-0.05, 0) is 36.8 Å². The lowest BCUT2D eigenvalue weighted by Gasteiger charge is -2.46. The second kappa shape index (κ2) is 5.56. The molecule has 3 aliphatic rings. The second-order valence-electron chi connectivity index (χ2n) is 6.33. The lowest BCUT2D eigenvalue weighted by Crippen LogP contribution is -2.52. The molecule has 0 aromatic heterocycles. The van der Waals surface area contributed by atoms with E-state index in [-0.39, 0.29) is 12.2 Å². The summed E-state index contributed by atoms with van der Waals surface area (Å²) in [5, 5.41) is 0. The molecule has 2 atom stereocenters. The second-order valence-corrected chi connectivity index (χ2v) is 6.33. The van der Waals surface area contributed by atoms with Crippen molar-refractivity contribution in [2.24, 2.45) is 0 Å². The molecular formula is C18H22O3. The summed E-state index contributed by atoms with van der Waals surface area (Å²) in [7, 11) is 0. The smallest absolute Gasteiger partial charge is 0.201 e. The molecule has 0 bridgehead atoms. The Morgan fingerprint density at radius 3 is 2.62 bits per heavy atom. The number of rotatable bonds is 1. The van der Waals surface area contributed by atoms with Crippen LogP contribution in [-0.4, -0.2) is 18.0 Å². The van der Waals surface area contributed by atoms with Crippen LogP contribution >= 0.6 is 0 Å². The van der Waals surface area contributed by atoms with Crippen molar-refractivity contribution in [2.45, 2.75) is 62.9 Å². The van der Waals surface area contributed by atoms with E-state index in [1.807, 2.05) is 6.07 Å². The maximum absolute atomic E-state index is 6.38. The lowest BCUT2D eigenvalue weighted by atomic mass is 9.87. The Hall–Kier alpha value is -1.16. The van der Waals surface area contributed by atoms with Crippen molar-refractivity contribution >= 4 is 5.57 Å². The molecule has 0 amide bonds. The molecule has 2 fully saturated rings. The van der Waals surface area contributed by atoms with Crippen LogP contribution < -0.4 is 0 Å². The van der Waals surface area contributed by atoms with Gasteiger partial charge in [0.1, 0.15) is 6.10 Å². The monoisotopic (exact) mass is 286 g/mol. The molecule has 2 aliphatic carbocycles. The number of benzene rings is 1. The summed E-state index contributed by atoms with van der Waals surface area (Å²) >= 11 is 0. The first-order valence-corrected chi connectivity index (χ1v) is 8.14. The Balaban J connectivity index is 1.56. The molecule has 1 spiro atoms. The van der Waals surface area contributed by atoms with E-state index in [1.54, 1.807) is 0 Å². The Morgan fingerprint density at radius 2 is 1.81 bits per heavy atom. The van der Waals surface area contributed by atoms with Gasteiger partial charge >= 0.3 is 0 Å². The zero-order valence-electron chi connectivity index (χ0n) is 12.3. The zero-order chi connectivity index (χ0) is 14.1. The lowest BCUT2D eigenvalue weighted by molar-refractivity contribution is -0.499. The molecule has 112 valence electrons. The molecule has 1 saturated heterocycles. The Morgan fingerprint density at radius 1 is 1.00 bits per heavy atom. The summed E-state index contributed by atoms with van der Waals surface area (Å²) in [6.07, 6.45) is 9.90. The highest BCUT2D eigenvalue weighted by Gasteiger charge is 2.47. The van der Waals surface area contributed by atoms with Crippen LogP contribution in [0.2, 0.25) is 0 Å². The highest BCUT2D eigenvalue weighted by Crippen LogP contribution is 2.43.